The van der Waals surface area contributed by atoms with Gasteiger partial charge in [0.2, 0.25) is 0 Å². The minimum atomic E-state index is 0.721. The van der Waals surface area contributed by atoms with Gasteiger partial charge in [-0.1, -0.05) is 11.6 Å². The van der Waals surface area contributed by atoms with Crippen molar-refractivity contribution in [2.45, 2.75) is 6.92 Å². The van der Waals surface area contributed by atoms with Crippen LogP contribution < -0.4 is 0 Å². The van der Waals surface area contributed by atoms with Crippen molar-refractivity contribution in [2.75, 3.05) is 0 Å². The molecule has 2 heterocycles. The molecular formula is C8H6BrClN2. The third-order valence-electron chi connectivity index (χ3n) is 1.71. The summed E-state index contributed by atoms with van der Waals surface area (Å²) >= 11 is 9.26. The van der Waals surface area contributed by atoms with Gasteiger partial charge in [-0.2, -0.15) is 0 Å². The van der Waals surface area contributed by atoms with Crippen LogP contribution in [-0.2, 0) is 0 Å². The first-order valence-corrected chi connectivity index (χ1v) is 4.64. The van der Waals surface area contributed by atoms with Crippen molar-refractivity contribution in [3.63, 3.8) is 0 Å². The van der Waals surface area contributed by atoms with Crippen LogP contribution in [0.15, 0.2) is 23.1 Å². The molecule has 2 rings (SSSR count). The van der Waals surface area contributed by atoms with Crippen LogP contribution in [0.3, 0.4) is 0 Å². The number of fused-ring (bicyclic) bond motifs is 1. The fourth-order valence-electron chi connectivity index (χ4n) is 1.19. The standard InChI is InChI=1S/C8H6BrClN2/c1-5-2-6(10)4-12-7(9)3-11-8(5)12/h2-4H,1H3. The zero-order chi connectivity index (χ0) is 8.72. The Morgan fingerprint density at radius 3 is 3.08 bits per heavy atom. The molecule has 0 aromatic carbocycles. The van der Waals surface area contributed by atoms with E-state index in [1.54, 1.807) is 6.20 Å². The summed E-state index contributed by atoms with van der Waals surface area (Å²) < 4.78 is 2.83. The van der Waals surface area contributed by atoms with Gasteiger partial charge in [0, 0.05) is 6.20 Å². The fraction of sp³-hybridized carbons (Fsp3) is 0.125. The van der Waals surface area contributed by atoms with Gasteiger partial charge in [-0.05, 0) is 34.5 Å². The highest BCUT2D eigenvalue weighted by Crippen LogP contribution is 2.19. The molecule has 0 saturated heterocycles. The molecule has 0 aliphatic rings. The van der Waals surface area contributed by atoms with Crippen molar-refractivity contribution in [3.8, 4) is 0 Å². The van der Waals surface area contributed by atoms with Gasteiger partial charge in [-0.15, -0.1) is 0 Å². The van der Waals surface area contributed by atoms with Crippen LogP contribution in [0.5, 0.6) is 0 Å². The highest BCUT2D eigenvalue weighted by molar-refractivity contribution is 9.10. The Morgan fingerprint density at radius 1 is 1.58 bits per heavy atom. The average Bonchev–Trinajstić information content (AvgIpc) is 2.33. The molecule has 0 saturated carbocycles. The first kappa shape index (κ1) is 8.08. The Bertz CT molecular complexity index is 436. The van der Waals surface area contributed by atoms with E-state index >= 15 is 0 Å². The summed E-state index contributed by atoms with van der Waals surface area (Å²) in [4.78, 5) is 4.22. The molecular weight excluding hydrogens is 239 g/mol. The number of nitrogens with zero attached hydrogens (tertiary/aromatic N) is 2. The van der Waals surface area contributed by atoms with Crippen LogP contribution in [0.4, 0.5) is 0 Å². The summed E-state index contributed by atoms with van der Waals surface area (Å²) in [5.41, 5.74) is 2.01. The maximum Gasteiger partial charge on any atom is 0.140 e. The summed E-state index contributed by atoms with van der Waals surface area (Å²) in [5, 5.41) is 0.721. The molecule has 12 heavy (non-hydrogen) atoms. The Balaban J connectivity index is 2.92. The summed E-state index contributed by atoms with van der Waals surface area (Å²) in [7, 11) is 0. The Hall–Kier alpha value is -0.540. The van der Waals surface area contributed by atoms with E-state index in [0.29, 0.717) is 0 Å². The Morgan fingerprint density at radius 2 is 2.33 bits per heavy atom. The van der Waals surface area contributed by atoms with Crippen LogP contribution in [0.25, 0.3) is 5.65 Å². The van der Waals surface area contributed by atoms with Gasteiger partial charge in [0.05, 0.1) is 11.2 Å². The monoisotopic (exact) mass is 244 g/mol. The first-order valence-electron chi connectivity index (χ1n) is 3.47. The molecule has 0 N–H and O–H groups in total. The van der Waals surface area contributed by atoms with E-state index in [2.05, 4.69) is 20.9 Å². The second-order valence-corrected chi connectivity index (χ2v) is 3.86. The van der Waals surface area contributed by atoms with Crippen LogP contribution >= 0.6 is 27.5 Å². The normalized spacial score (nSPS) is 10.9. The predicted molar refractivity (Wildman–Crippen MR) is 52.6 cm³/mol. The van der Waals surface area contributed by atoms with Crippen molar-refractivity contribution in [2.24, 2.45) is 0 Å². The van der Waals surface area contributed by atoms with E-state index in [0.717, 1.165) is 20.8 Å². The lowest BCUT2D eigenvalue weighted by atomic mass is 10.3. The molecule has 0 amide bonds. The van der Waals surface area contributed by atoms with E-state index in [9.17, 15) is 0 Å². The lowest BCUT2D eigenvalue weighted by molar-refractivity contribution is 1.14. The molecule has 0 fully saturated rings. The summed E-state index contributed by atoms with van der Waals surface area (Å²) in [5.74, 6) is 0. The molecule has 0 unspecified atom stereocenters. The quantitative estimate of drug-likeness (QED) is 0.697. The van der Waals surface area contributed by atoms with Crippen molar-refractivity contribution in [3.05, 3.63) is 33.6 Å². The van der Waals surface area contributed by atoms with Gasteiger partial charge in [0.1, 0.15) is 10.3 Å². The molecule has 2 aromatic rings. The maximum absolute atomic E-state index is 5.88. The third-order valence-corrected chi connectivity index (χ3v) is 2.50. The molecule has 62 valence electrons. The molecule has 0 bridgehead atoms. The van der Waals surface area contributed by atoms with E-state index < -0.39 is 0 Å². The second kappa shape index (κ2) is 2.75. The van der Waals surface area contributed by atoms with E-state index in [-0.39, 0.29) is 0 Å². The lowest BCUT2D eigenvalue weighted by Gasteiger charge is -1.99. The summed E-state index contributed by atoms with van der Waals surface area (Å²) in [6, 6.07) is 1.90. The van der Waals surface area contributed by atoms with E-state index in [4.69, 9.17) is 11.6 Å². The third kappa shape index (κ3) is 1.13. The number of imidazole rings is 1. The number of hydrogen-bond acceptors (Lipinski definition) is 1. The van der Waals surface area contributed by atoms with Crippen LogP contribution in [0.2, 0.25) is 5.02 Å². The van der Waals surface area contributed by atoms with Crippen molar-refractivity contribution >= 4 is 33.2 Å². The second-order valence-electron chi connectivity index (χ2n) is 2.62. The minimum Gasteiger partial charge on any atom is -0.292 e. The van der Waals surface area contributed by atoms with Crippen LogP contribution in [-0.4, -0.2) is 9.38 Å². The molecule has 2 aromatic heterocycles. The van der Waals surface area contributed by atoms with Crippen molar-refractivity contribution in [1.82, 2.24) is 9.38 Å². The molecule has 4 heteroatoms. The number of pyridine rings is 1. The first-order chi connectivity index (χ1) is 5.68. The van der Waals surface area contributed by atoms with Crippen LogP contribution in [0.1, 0.15) is 5.56 Å². The molecule has 0 atom stereocenters. The van der Waals surface area contributed by atoms with E-state index in [1.807, 2.05) is 23.6 Å². The number of halogens is 2. The number of hydrogen-bond donors (Lipinski definition) is 0. The van der Waals surface area contributed by atoms with Crippen molar-refractivity contribution < 1.29 is 0 Å². The van der Waals surface area contributed by atoms with Gasteiger partial charge in [-0.3, -0.25) is 4.40 Å². The molecule has 0 radical (unpaired) electrons. The van der Waals surface area contributed by atoms with E-state index in [1.165, 1.54) is 0 Å². The van der Waals surface area contributed by atoms with Gasteiger partial charge in [0.15, 0.2) is 0 Å². The smallest absolute Gasteiger partial charge is 0.140 e. The molecule has 0 spiro atoms. The number of rotatable bonds is 0. The average molecular weight is 246 g/mol. The van der Waals surface area contributed by atoms with Gasteiger partial charge in [0.25, 0.3) is 0 Å². The Labute approximate surface area is 83.3 Å². The molecule has 2 nitrogen and oxygen atoms in total. The molecule has 0 aliphatic carbocycles. The number of aryl methyl sites for hydroxylation is 1. The lowest BCUT2D eigenvalue weighted by Crippen LogP contribution is -1.87. The van der Waals surface area contributed by atoms with Gasteiger partial charge >= 0.3 is 0 Å². The predicted octanol–water partition coefficient (Wildman–Crippen LogP) is 3.06. The van der Waals surface area contributed by atoms with Gasteiger partial charge in [-0.25, -0.2) is 4.98 Å². The summed E-state index contributed by atoms with van der Waals surface area (Å²) in [6.45, 7) is 1.99. The summed E-state index contributed by atoms with van der Waals surface area (Å²) in [6.07, 6.45) is 3.60. The zero-order valence-corrected chi connectivity index (χ0v) is 8.72. The number of aromatic nitrogens is 2. The van der Waals surface area contributed by atoms with Gasteiger partial charge < -0.3 is 0 Å². The topological polar surface area (TPSA) is 17.3 Å². The highest BCUT2D eigenvalue weighted by atomic mass is 79.9. The van der Waals surface area contributed by atoms with Crippen LogP contribution in [0, 0.1) is 6.92 Å². The highest BCUT2D eigenvalue weighted by Gasteiger charge is 2.03. The minimum absolute atomic E-state index is 0.721. The Kier molecular flexibility index (Phi) is 1.85. The molecule has 0 aliphatic heterocycles. The zero-order valence-electron chi connectivity index (χ0n) is 6.38. The fourth-order valence-corrected chi connectivity index (χ4v) is 1.82. The largest absolute Gasteiger partial charge is 0.292 e. The SMILES string of the molecule is Cc1cc(Cl)cn2c(Br)cnc12. The van der Waals surface area contributed by atoms with Crippen molar-refractivity contribution in [1.29, 1.82) is 0 Å². The maximum atomic E-state index is 5.88.